The van der Waals surface area contributed by atoms with Crippen molar-refractivity contribution in [1.29, 1.82) is 0 Å². The lowest BCUT2D eigenvalue weighted by Crippen LogP contribution is -2.00. The van der Waals surface area contributed by atoms with Gasteiger partial charge in [0.05, 0.1) is 33.2 Å². The molecule has 0 aromatic heterocycles. The summed E-state index contributed by atoms with van der Waals surface area (Å²) in [5.41, 5.74) is -0.495. The van der Waals surface area contributed by atoms with Gasteiger partial charge in [0.2, 0.25) is 5.75 Å². The van der Waals surface area contributed by atoms with E-state index in [2.05, 4.69) is 21.1 Å². The van der Waals surface area contributed by atoms with E-state index in [1.807, 2.05) is 0 Å². The number of nitro benzene ring substituents is 2. The maximum absolute atomic E-state index is 11.2. The highest BCUT2D eigenvalue weighted by atomic mass is 79.9. The highest BCUT2D eigenvalue weighted by Crippen LogP contribution is 2.42. The zero-order chi connectivity index (χ0) is 19.3. The number of rotatable bonds is 7. The van der Waals surface area contributed by atoms with Crippen molar-refractivity contribution in [1.82, 2.24) is 0 Å². The number of halogens is 1. The number of hydrogen-bond donors (Lipinski definition) is 1. The van der Waals surface area contributed by atoms with Gasteiger partial charge < -0.3 is 14.7 Å². The molecule has 0 aliphatic heterocycles. The molecule has 0 bridgehead atoms. The van der Waals surface area contributed by atoms with Gasteiger partial charge in [0.15, 0.2) is 11.5 Å². The van der Waals surface area contributed by atoms with Crippen LogP contribution in [0.2, 0.25) is 0 Å². The van der Waals surface area contributed by atoms with Gasteiger partial charge in [0, 0.05) is 11.6 Å². The van der Waals surface area contributed by atoms with Crippen LogP contribution in [0, 0.1) is 20.2 Å². The summed E-state index contributed by atoms with van der Waals surface area (Å²) in [6.45, 7) is 2.02. The highest BCUT2D eigenvalue weighted by molar-refractivity contribution is 9.10. The minimum atomic E-state index is -0.774. The Bertz CT molecular complexity index is 886. The Balaban J connectivity index is 2.53. The van der Waals surface area contributed by atoms with Gasteiger partial charge in [-0.25, -0.2) is 0 Å². The van der Waals surface area contributed by atoms with E-state index in [0.717, 1.165) is 18.2 Å². The maximum Gasteiger partial charge on any atom is 0.318 e. The molecule has 2 aromatic carbocycles. The van der Waals surface area contributed by atoms with E-state index in [1.54, 1.807) is 13.0 Å². The first kappa shape index (κ1) is 19.1. The second-order valence-electron chi connectivity index (χ2n) is 4.78. The van der Waals surface area contributed by atoms with E-state index in [-0.39, 0.29) is 23.9 Å². The third kappa shape index (κ3) is 4.25. The van der Waals surface area contributed by atoms with Crippen molar-refractivity contribution in [3.8, 4) is 17.2 Å². The topological polar surface area (TPSA) is 137 Å². The number of oxime groups is 1. The number of nitrogens with zero attached hydrogens (tertiary/aromatic N) is 3. The zero-order valence-electron chi connectivity index (χ0n) is 13.3. The standard InChI is InChI=1S/C15H12BrN3O7/c1-2-25-14-6-9(8-17-20)5-11(16)15(14)26-13-4-3-10(18(21)22)7-12(13)19(23)24/h3-8,20H,2H2,1H3/b17-8-. The summed E-state index contributed by atoms with van der Waals surface area (Å²) in [4.78, 5) is 20.5. The zero-order valence-corrected chi connectivity index (χ0v) is 14.9. The Morgan fingerprint density at radius 3 is 2.50 bits per heavy atom. The lowest BCUT2D eigenvalue weighted by molar-refractivity contribution is -0.394. The molecule has 0 saturated heterocycles. The molecule has 2 rings (SSSR count). The van der Waals surface area contributed by atoms with Crippen LogP contribution in [0.15, 0.2) is 40.0 Å². The van der Waals surface area contributed by atoms with E-state index in [4.69, 9.17) is 14.7 Å². The molecule has 11 heteroatoms. The minimum absolute atomic E-state index is 0.138. The fourth-order valence-corrected chi connectivity index (χ4v) is 2.59. The Morgan fingerprint density at radius 2 is 1.92 bits per heavy atom. The molecule has 136 valence electrons. The fraction of sp³-hybridized carbons (Fsp3) is 0.133. The van der Waals surface area contributed by atoms with Crippen LogP contribution in [0.25, 0.3) is 0 Å². The quantitative estimate of drug-likeness (QED) is 0.302. The smallest absolute Gasteiger partial charge is 0.318 e. The van der Waals surface area contributed by atoms with Gasteiger partial charge in [-0.3, -0.25) is 20.2 Å². The average molecular weight is 426 g/mol. The third-order valence-corrected chi connectivity index (χ3v) is 3.69. The average Bonchev–Trinajstić information content (AvgIpc) is 2.58. The summed E-state index contributed by atoms with van der Waals surface area (Å²) in [6, 6.07) is 6.12. The van der Waals surface area contributed by atoms with Crippen LogP contribution in [-0.4, -0.2) is 27.9 Å². The number of nitro groups is 2. The monoisotopic (exact) mass is 425 g/mol. The van der Waals surface area contributed by atoms with Crippen LogP contribution in [0.3, 0.4) is 0 Å². The van der Waals surface area contributed by atoms with Gasteiger partial charge in [-0.2, -0.15) is 0 Å². The van der Waals surface area contributed by atoms with Gasteiger partial charge in [-0.05, 0) is 41.1 Å². The first-order chi connectivity index (χ1) is 12.4. The number of benzene rings is 2. The summed E-state index contributed by atoms with van der Waals surface area (Å²) in [5.74, 6) is 0.189. The van der Waals surface area contributed by atoms with Crippen molar-refractivity contribution in [3.05, 3.63) is 60.6 Å². The first-order valence-corrected chi connectivity index (χ1v) is 7.91. The molecule has 0 fully saturated rings. The van der Waals surface area contributed by atoms with Crippen LogP contribution < -0.4 is 9.47 Å². The number of ether oxygens (including phenoxy) is 2. The molecule has 0 saturated carbocycles. The van der Waals surface area contributed by atoms with E-state index in [1.165, 1.54) is 12.3 Å². The predicted molar refractivity (Wildman–Crippen MR) is 94.5 cm³/mol. The van der Waals surface area contributed by atoms with Crippen molar-refractivity contribution < 1.29 is 24.5 Å². The fourth-order valence-electron chi connectivity index (χ4n) is 2.05. The van der Waals surface area contributed by atoms with Gasteiger partial charge in [-0.15, -0.1) is 0 Å². The lowest BCUT2D eigenvalue weighted by Gasteiger charge is -2.14. The molecular weight excluding hydrogens is 414 g/mol. The SMILES string of the molecule is CCOc1cc(/C=N\O)cc(Br)c1Oc1ccc([N+](=O)[O-])cc1[N+](=O)[O-]. The molecule has 0 aliphatic carbocycles. The van der Waals surface area contributed by atoms with Crippen molar-refractivity contribution >= 4 is 33.5 Å². The Kier molecular flexibility index (Phi) is 6.07. The van der Waals surface area contributed by atoms with Crippen LogP contribution in [0.5, 0.6) is 17.2 Å². The Morgan fingerprint density at radius 1 is 1.19 bits per heavy atom. The van der Waals surface area contributed by atoms with Gasteiger partial charge in [0.25, 0.3) is 5.69 Å². The molecule has 0 heterocycles. The summed E-state index contributed by atoms with van der Waals surface area (Å²) in [7, 11) is 0. The Labute approximate surface area is 155 Å². The lowest BCUT2D eigenvalue weighted by atomic mass is 10.2. The van der Waals surface area contributed by atoms with Gasteiger partial charge in [0.1, 0.15) is 0 Å². The normalized spacial score (nSPS) is 10.7. The molecule has 26 heavy (non-hydrogen) atoms. The molecule has 1 N–H and O–H groups in total. The van der Waals surface area contributed by atoms with E-state index < -0.39 is 21.2 Å². The summed E-state index contributed by atoms with van der Waals surface area (Å²) < 4.78 is 11.5. The maximum atomic E-state index is 11.2. The van der Waals surface area contributed by atoms with Crippen molar-refractivity contribution in [2.24, 2.45) is 5.16 Å². The minimum Gasteiger partial charge on any atom is -0.490 e. The molecule has 10 nitrogen and oxygen atoms in total. The highest BCUT2D eigenvalue weighted by Gasteiger charge is 2.23. The molecule has 0 spiro atoms. The van der Waals surface area contributed by atoms with Crippen molar-refractivity contribution in [3.63, 3.8) is 0 Å². The second kappa shape index (κ2) is 8.25. The first-order valence-electron chi connectivity index (χ1n) is 7.11. The molecule has 0 unspecified atom stereocenters. The van der Waals surface area contributed by atoms with Crippen LogP contribution >= 0.6 is 15.9 Å². The second-order valence-corrected chi connectivity index (χ2v) is 5.63. The van der Waals surface area contributed by atoms with Crippen LogP contribution in [0.1, 0.15) is 12.5 Å². The van der Waals surface area contributed by atoms with E-state index >= 15 is 0 Å². The third-order valence-electron chi connectivity index (χ3n) is 3.10. The van der Waals surface area contributed by atoms with Crippen molar-refractivity contribution in [2.75, 3.05) is 6.61 Å². The molecule has 0 radical (unpaired) electrons. The molecule has 0 aliphatic rings. The van der Waals surface area contributed by atoms with Crippen LogP contribution in [-0.2, 0) is 0 Å². The van der Waals surface area contributed by atoms with Gasteiger partial charge in [-0.1, -0.05) is 5.16 Å². The summed E-state index contributed by atoms with van der Waals surface area (Å²) in [6.07, 6.45) is 1.17. The molecular formula is C15H12BrN3O7. The van der Waals surface area contributed by atoms with Crippen molar-refractivity contribution in [2.45, 2.75) is 6.92 Å². The van der Waals surface area contributed by atoms with Crippen LogP contribution in [0.4, 0.5) is 11.4 Å². The largest absolute Gasteiger partial charge is 0.490 e. The van der Waals surface area contributed by atoms with E-state index in [9.17, 15) is 20.2 Å². The van der Waals surface area contributed by atoms with E-state index in [0.29, 0.717) is 10.0 Å². The Hall–Kier alpha value is -3.21. The number of non-ortho nitro benzene ring substituents is 1. The molecule has 2 aromatic rings. The molecule has 0 amide bonds. The summed E-state index contributed by atoms with van der Waals surface area (Å²) in [5, 5.41) is 33.6. The molecule has 0 atom stereocenters. The summed E-state index contributed by atoms with van der Waals surface area (Å²) >= 11 is 3.27. The predicted octanol–water partition coefficient (Wildman–Crippen LogP) is 4.26. The number of hydrogen-bond acceptors (Lipinski definition) is 8. The van der Waals surface area contributed by atoms with Gasteiger partial charge >= 0.3 is 5.69 Å².